The summed E-state index contributed by atoms with van der Waals surface area (Å²) in [5.41, 5.74) is 12.1. The highest BCUT2D eigenvalue weighted by Crippen LogP contribution is 2.24. The van der Waals surface area contributed by atoms with Gasteiger partial charge in [-0.1, -0.05) is 69.2 Å². The molecule has 85 heavy (non-hydrogen) atoms. The molecule has 2 heterocycles. The number of nitrogens with one attached hydrogen (secondary N) is 10. The van der Waals surface area contributed by atoms with Gasteiger partial charge in [-0.3, -0.25) is 57.7 Å². The van der Waals surface area contributed by atoms with E-state index in [0.717, 1.165) is 33.3 Å². The maximum absolute atomic E-state index is 14.5. The standard InChI is InChI=1S/C52H73FN14O15S3/c1-80-20-21-81-19-18-57-46(74)38-27-83-30-43(70)61-35(10-5-6-16-56-42(69)26-82-60-24-32-12-14-33(53)15-13-32)47(75)66-39-28-84-85-29-40(51(79)64-36(48(76)65-38)22-31-8-3-2-4-9-31)67-49(77)37(23-44(71)72)62-41(68)25-59-45(73)34(63-50(39)78)11-7-17-58-52(54)55/h2-4,8-9,12-15,24,34-40H,5-7,10-11,16-23,25-30H2,1H3,(H,56,69)(H,57,74)(H,59,73)(H,61,70)(H,62,68)(H,63,78)(H,64,79)(H,65,76)(H,66,75)(H,67,77)(H,71,72)(H4,54,55,58)/t34-,35-,36-,37-,38-,39-,40-/m0/s1. The van der Waals surface area contributed by atoms with Gasteiger partial charge in [-0.2, -0.15) is 0 Å². The zero-order valence-corrected chi connectivity index (χ0v) is 49.0. The molecule has 2 aliphatic heterocycles. The number of benzene rings is 2. The summed E-state index contributed by atoms with van der Waals surface area (Å²) in [6.45, 7) is -0.604. The Morgan fingerprint density at radius 3 is 2.00 bits per heavy atom. The second kappa shape index (κ2) is 39.0. The number of rotatable bonds is 24. The molecule has 2 aliphatic rings. The van der Waals surface area contributed by atoms with Crippen LogP contribution < -0.4 is 64.6 Å². The van der Waals surface area contributed by atoms with E-state index in [1.54, 1.807) is 30.3 Å². The molecule has 0 saturated carbocycles. The van der Waals surface area contributed by atoms with E-state index in [4.69, 9.17) is 25.8 Å². The SMILES string of the molecule is COCCOCCNC(=O)[C@@H]1CSCC(=O)N[C@@H](CCCCNC(=O)CON=Cc2ccc(F)cc2)C(=O)N[C@H]2CSSC[C@H](NC(=O)[C@H](CC(=O)O)NC(=O)CNC(=O)[C@H](CCCN=C(N)N)NC2=O)C(=O)N[C@@H](Cc2ccccc2)C(=O)N1. The summed E-state index contributed by atoms with van der Waals surface area (Å²) in [4.78, 5) is 160. The van der Waals surface area contributed by atoms with Crippen LogP contribution in [0.1, 0.15) is 49.7 Å². The third-order valence-corrected chi connectivity index (χ3v) is 15.6. The molecule has 33 heteroatoms. The number of ether oxygens (including phenoxy) is 2. The number of thioether (sulfide) groups is 1. The second-order valence-corrected chi connectivity index (χ2v) is 22.5. The van der Waals surface area contributed by atoms with Crippen molar-refractivity contribution in [1.82, 2.24) is 53.2 Å². The van der Waals surface area contributed by atoms with Crippen molar-refractivity contribution in [3.63, 3.8) is 0 Å². The number of oxime groups is 1. The van der Waals surface area contributed by atoms with Crippen LogP contribution >= 0.6 is 33.3 Å². The van der Waals surface area contributed by atoms with E-state index in [9.17, 15) is 62.2 Å². The van der Waals surface area contributed by atoms with Crippen molar-refractivity contribution >= 4 is 111 Å². The van der Waals surface area contributed by atoms with Crippen molar-refractivity contribution < 1.29 is 76.5 Å². The molecule has 2 saturated heterocycles. The van der Waals surface area contributed by atoms with E-state index in [-0.39, 0.29) is 107 Å². The highest BCUT2D eigenvalue weighted by Gasteiger charge is 2.35. The van der Waals surface area contributed by atoms with Crippen LogP contribution in [0.25, 0.3) is 0 Å². The Balaban J connectivity index is 1.71. The van der Waals surface area contributed by atoms with Gasteiger partial charge in [-0.15, -0.1) is 11.8 Å². The van der Waals surface area contributed by atoms with Crippen molar-refractivity contribution in [3.8, 4) is 0 Å². The lowest BCUT2D eigenvalue weighted by Gasteiger charge is -2.27. The van der Waals surface area contributed by atoms with Gasteiger partial charge < -0.3 is 84.1 Å². The van der Waals surface area contributed by atoms with Gasteiger partial charge in [0.25, 0.3) is 5.91 Å². The number of carboxylic acid groups (broad SMARTS) is 1. The average molecular weight is 1250 g/mol. The fraction of sp³-hybridized carbons (Fsp3) is 0.519. The summed E-state index contributed by atoms with van der Waals surface area (Å²) in [6, 6.07) is 3.44. The summed E-state index contributed by atoms with van der Waals surface area (Å²) in [6.07, 6.45) is 0.593. The molecule has 0 unspecified atom stereocenters. The number of carbonyl (C=O) groups excluding carboxylic acids is 10. The minimum absolute atomic E-state index is 0.00178. The predicted molar refractivity (Wildman–Crippen MR) is 314 cm³/mol. The first-order valence-corrected chi connectivity index (χ1v) is 30.5. The van der Waals surface area contributed by atoms with E-state index in [2.05, 4.69) is 63.3 Å². The third-order valence-electron chi connectivity index (χ3n) is 12.1. The number of hydrogen-bond donors (Lipinski definition) is 13. The second-order valence-electron chi connectivity index (χ2n) is 18.9. The topological polar surface area (TPSA) is 433 Å². The Kier molecular flexibility index (Phi) is 32.0. The summed E-state index contributed by atoms with van der Waals surface area (Å²) >= 11 is 0.911. The fourth-order valence-corrected chi connectivity index (χ4v) is 11.0. The van der Waals surface area contributed by atoms with Gasteiger partial charge in [0.05, 0.1) is 44.8 Å². The maximum atomic E-state index is 14.5. The zero-order chi connectivity index (χ0) is 61.9. The lowest BCUT2D eigenvalue weighted by atomic mass is 10.0. The largest absolute Gasteiger partial charge is 0.481 e. The van der Waals surface area contributed by atoms with Crippen molar-refractivity contribution in [2.45, 2.75) is 87.2 Å². The molecule has 466 valence electrons. The smallest absolute Gasteiger partial charge is 0.305 e. The summed E-state index contributed by atoms with van der Waals surface area (Å²) < 4.78 is 23.7. The number of guanidine groups is 1. The molecule has 2 aromatic carbocycles. The van der Waals surface area contributed by atoms with Gasteiger partial charge in [0.15, 0.2) is 12.6 Å². The molecule has 2 bridgehead atoms. The highest BCUT2D eigenvalue weighted by molar-refractivity contribution is 8.76. The zero-order valence-electron chi connectivity index (χ0n) is 46.6. The van der Waals surface area contributed by atoms with Crippen molar-refractivity contribution in [2.75, 3.05) is 82.7 Å². The molecule has 15 N–H and O–H groups in total. The molecule has 0 aliphatic carbocycles. The van der Waals surface area contributed by atoms with Crippen LogP contribution in [0.2, 0.25) is 0 Å². The normalized spacial score (nSPS) is 21.8. The van der Waals surface area contributed by atoms with Gasteiger partial charge in [0.1, 0.15) is 48.1 Å². The lowest BCUT2D eigenvalue weighted by molar-refractivity contribution is -0.141. The van der Waals surface area contributed by atoms with Crippen LogP contribution in [0.4, 0.5) is 4.39 Å². The van der Waals surface area contributed by atoms with Crippen LogP contribution in [0.3, 0.4) is 0 Å². The number of fused-ring (bicyclic) bond motifs is 5. The first-order valence-electron chi connectivity index (χ1n) is 26.8. The number of amides is 10. The van der Waals surface area contributed by atoms with E-state index < -0.39 is 133 Å². The van der Waals surface area contributed by atoms with Gasteiger partial charge in [-0.05, 0) is 55.4 Å². The Hall–Kier alpha value is -7.75. The Labute approximate surface area is 501 Å². The number of carboxylic acids is 1. The molecule has 4 rings (SSSR count). The number of nitrogens with two attached hydrogens (primary N) is 2. The average Bonchev–Trinajstić information content (AvgIpc) is 3.50. The molecule has 0 radical (unpaired) electrons. The molecular weight excluding hydrogens is 1180 g/mol. The molecule has 0 spiro atoms. The van der Waals surface area contributed by atoms with Crippen LogP contribution in [0, 0.1) is 5.82 Å². The van der Waals surface area contributed by atoms with E-state index in [1.165, 1.54) is 37.6 Å². The number of unbranched alkanes of at least 4 members (excludes halogenated alkanes) is 1. The predicted octanol–water partition coefficient (Wildman–Crippen LogP) is -3.34. The van der Waals surface area contributed by atoms with Gasteiger partial charge in [0, 0.05) is 50.4 Å². The Bertz CT molecular complexity index is 2630. The van der Waals surface area contributed by atoms with Gasteiger partial charge in [-0.25, -0.2) is 4.39 Å². The van der Waals surface area contributed by atoms with Crippen molar-refractivity contribution in [1.29, 1.82) is 0 Å². The molecular formula is C52H73FN14O15S3. The minimum atomic E-state index is -1.81. The highest BCUT2D eigenvalue weighted by atomic mass is 33.1. The molecule has 2 fully saturated rings. The van der Waals surface area contributed by atoms with Crippen molar-refractivity contribution in [2.24, 2.45) is 21.6 Å². The number of aliphatic carboxylic acids is 1. The lowest BCUT2D eigenvalue weighted by Crippen LogP contribution is -2.60. The first kappa shape index (κ1) is 69.7. The minimum Gasteiger partial charge on any atom is -0.481 e. The fourth-order valence-electron chi connectivity index (χ4n) is 7.78. The summed E-state index contributed by atoms with van der Waals surface area (Å²) in [7, 11) is 3.33. The molecule has 10 amide bonds. The first-order chi connectivity index (χ1) is 40.8. The van der Waals surface area contributed by atoms with Crippen LogP contribution in [-0.4, -0.2) is 207 Å². The molecule has 29 nitrogen and oxygen atoms in total. The Morgan fingerprint density at radius 1 is 0.694 bits per heavy atom. The number of methoxy groups -OCH3 is 1. The monoisotopic (exact) mass is 1250 g/mol. The quantitative estimate of drug-likeness (QED) is 0.0161. The molecule has 0 aromatic heterocycles. The van der Waals surface area contributed by atoms with Gasteiger partial charge >= 0.3 is 5.97 Å². The van der Waals surface area contributed by atoms with E-state index in [0.29, 0.717) is 11.1 Å². The van der Waals surface area contributed by atoms with Crippen molar-refractivity contribution in [3.05, 3.63) is 71.5 Å². The maximum Gasteiger partial charge on any atom is 0.305 e. The summed E-state index contributed by atoms with van der Waals surface area (Å²) in [5, 5.41) is 39.3. The number of carbonyl (C=O) groups is 11. The van der Waals surface area contributed by atoms with Crippen LogP contribution in [-0.2, 0) is 73.5 Å². The number of halogens is 1. The van der Waals surface area contributed by atoms with Crippen LogP contribution in [0.15, 0.2) is 64.7 Å². The Morgan fingerprint density at radius 2 is 1.33 bits per heavy atom. The number of aliphatic imine (C=N–C) groups is 1. The number of hydrogen-bond acceptors (Lipinski definition) is 19. The molecule has 2 aromatic rings. The van der Waals surface area contributed by atoms with E-state index in [1.807, 2.05) is 0 Å². The molecule has 7 atom stereocenters. The summed E-state index contributed by atoms with van der Waals surface area (Å²) in [5.74, 6) is -12.0. The van der Waals surface area contributed by atoms with E-state index >= 15 is 0 Å². The third kappa shape index (κ3) is 28.1. The number of nitrogens with zero attached hydrogens (tertiary/aromatic N) is 2. The van der Waals surface area contributed by atoms with Crippen LogP contribution in [0.5, 0.6) is 0 Å². The van der Waals surface area contributed by atoms with Gasteiger partial charge in [0.2, 0.25) is 53.2 Å².